The molecule has 19 heavy (non-hydrogen) atoms. The largest absolute Gasteiger partial charge is 0.481 e. The van der Waals surface area contributed by atoms with Crippen LogP contribution in [0.15, 0.2) is 6.07 Å². The maximum absolute atomic E-state index is 12.4. The predicted molar refractivity (Wildman–Crippen MR) is 68.9 cm³/mol. The van der Waals surface area contributed by atoms with Crippen molar-refractivity contribution < 1.29 is 14.7 Å². The van der Waals surface area contributed by atoms with Gasteiger partial charge in [-0.3, -0.25) is 14.3 Å². The molecule has 104 valence electrons. The van der Waals surface area contributed by atoms with E-state index in [9.17, 15) is 9.59 Å². The van der Waals surface area contributed by atoms with Crippen LogP contribution in [-0.4, -0.2) is 44.8 Å². The molecule has 0 radical (unpaired) electrons. The van der Waals surface area contributed by atoms with E-state index >= 15 is 0 Å². The van der Waals surface area contributed by atoms with Gasteiger partial charge in [0.25, 0.3) is 5.91 Å². The van der Waals surface area contributed by atoms with Crippen LogP contribution < -0.4 is 0 Å². The van der Waals surface area contributed by atoms with Crippen molar-refractivity contribution in [1.82, 2.24) is 14.7 Å². The highest BCUT2D eigenvalue weighted by molar-refractivity contribution is 5.93. The number of carboxylic acids is 1. The predicted octanol–water partition coefficient (Wildman–Crippen LogP) is 1.15. The molecule has 2 heterocycles. The standard InChI is InChI=1S/C13H19N3O3/c1-3-16-11(7-9(2)14-16)12(17)15-6-4-5-10(8-15)13(18)19/h7,10H,3-6,8H2,1-2H3,(H,18,19)/t10-/m1/s1. The Morgan fingerprint density at radius 3 is 2.89 bits per heavy atom. The van der Waals surface area contributed by atoms with Gasteiger partial charge in [0.05, 0.1) is 11.6 Å². The Morgan fingerprint density at radius 1 is 1.53 bits per heavy atom. The maximum Gasteiger partial charge on any atom is 0.308 e. The third-order valence-electron chi connectivity index (χ3n) is 3.48. The van der Waals surface area contributed by atoms with E-state index in [1.807, 2.05) is 13.8 Å². The fourth-order valence-corrected chi connectivity index (χ4v) is 2.48. The Hall–Kier alpha value is -1.85. The summed E-state index contributed by atoms with van der Waals surface area (Å²) in [7, 11) is 0. The molecule has 2 rings (SSSR count). The zero-order chi connectivity index (χ0) is 14.0. The van der Waals surface area contributed by atoms with Crippen molar-refractivity contribution in [3.05, 3.63) is 17.5 Å². The Bertz CT molecular complexity index is 495. The topological polar surface area (TPSA) is 75.4 Å². The van der Waals surface area contributed by atoms with Crippen LogP contribution in [-0.2, 0) is 11.3 Å². The lowest BCUT2D eigenvalue weighted by molar-refractivity contribution is -0.143. The van der Waals surface area contributed by atoms with Crippen LogP contribution in [0.25, 0.3) is 0 Å². The first-order valence-electron chi connectivity index (χ1n) is 6.59. The van der Waals surface area contributed by atoms with E-state index in [2.05, 4.69) is 5.10 Å². The van der Waals surface area contributed by atoms with Crippen LogP contribution in [0.5, 0.6) is 0 Å². The van der Waals surface area contributed by atoms with Gasteiger partial charge in [0.15, 0.2) is 0 Å². The van der Waals surface area contributed by atoms with E-state index in [-0.39, 0.29) is 5.91 Å². The van der Waals surface area contributed by atoms with Gasteiger partial charge < -0.3 is 10.0 Å². The van der Waals surface area contributed by atoms with Crippen molar-refractivity contribution in [2.24, 2.45) is 5.92 Å². The molecule has 1 atom stereocenters. The minimum Gasteiger partial charge on any atom is -0.481 e. The monoisotopic (exact) mass is 265 g/mol. The summed E-state index contributed by atoms with van der Waals surface area (Å²) < 4.78 is 1.67. The SMILES string of the molecule is CCn1nc(C)cc1C(=O)N1CCC[C@@H](C(=O)O)C1. The van der Waals surface area contributed by atoms with Crippen molar-refractivity contribution in [1.29, 1.82) is 0 Å². The molecule has 1 aromatic rings. The van der Waals surface area contributed by atoms with E-state index in [1.54, 1.807) is 15.6 Å². The molecule has 0 aliphatic carbocycles. The highest BCUT2D eigenvalue weighted by Crippen LogP contribution is 2.19. The first kappa shape index (κ1) is 13.6. The number of carbonyl (C=O) groups excluding carboxylic acids is 1. The molecule has 1 saturated heterocycles. The molecular weight excluding hydrogens is 246 g/mol. The molecular formula is C13H19N3O3. The number of hydrogen-bond acceptors (Lipinski definition) is 3. The van der Waals surface area contributed by atoms with Gasteiger partial charge >= 0.3 is 5.97 Å². The van der Waals surface area contributed by atoms with Crippen molar-refractivity contribution in [2.75, 3.05) is 13.1 Å². The number of rotatable bonds is 3. The van der Waals surface area contributed by atoms with Crippen molar-refractivity contribution in [3.63, 3.8) is 0 Å². The molecule has 1 aliphatic heterocycles. The number of carboxylic acid groups (broad SMARTS) is 1. The summed E-state index contributed by atoms with van der Waals surface area (Å²) in [6, 6.07) is 1.76. The maximum atomic E-state index is 12.4. The van der Waals surface area contributed by atoms with E-state index < -0.39 is 11.9 Å². The first-order chi connectivity index (χ1) is 9.02. The van der Waals surface area contributed by atoms with Crippen LogP contribution in [0.4, 0.5) is 0 Å². The molecule has 0 bridgehead atoms. The smallest absolute Gasteiger partial charge is 0.308 e. The second-order valence-corrected chi connectivity index (χ2v) is 4.92. The molecule has 1 N–H and O–H groups in total. The number of likely N-dealkylation sites (tertiary alicyclic amines) is 1. The summed E-state index contributed by atoms with van der Waals surface area (Å²) in [5.41, 5.74) is 1.35. The van der Waals surface area contributed by atoms with Gasteiger partial charge in [-0.15, -0.1) is 0 Å². The highest BCUT2D eigenvalue weighted by atomic mass is 16.4. The number of piperidine rings is 1. The fourth-order valence-electron chi connectivity index (χ4n) is 2.48. The van der Waals surface area contributed by atoms with Gasteiger partial charge in [-0.2, -0.15) is 5.10 Å². The molecule has 1 aromatic heterocycles. The molecule has 0 aromatic carbocycles. The average Bonchev–Trinajstić information content (AvgIpc) is 2.79. The number of nitrogens with zero attached hydrogens (tertiary/aromatic N) is 3. The molecule has 0 unspecified atom stereocenters. The molecule has 1 aliphatic rings. The van der Waals surface area contributed by atoms with Crippen LogP contribution in [0, 0.1) is 12.8 Å². The number of carbonyl (C=O) groups is 2. The lowest BCUT2D eigenvalue weighted by atomic mass is 9.98. The zero-order valence-corrected chi connectivity index (χ0v) is 11.3. The number of aromatic nitrogens is 2. The normalized spacial score (nSPS) is 19.5. The second-order valence-electron chi connectivity index (χ2n) is 4.92. The van der Waals surface area contributed by atoms with Crippen LogP contribution in [0.2, 0.25) is 0 Å². The Balaban J connectivity index is 2.16. The van der Waals surface area contributed by atoms with Gasteiger partial charge in [0.1, 0.15) is 5.69 Å². The molecule has 0 saturated carbocycles. The molecule has 6 nitrogen and oxygen atoms in total. The number of hydrogen-bond donors (Lipinski definition) is 1. The Kier molecular flexibility index (Phi) is 3.87. The molecule has 6 heteroatoms. The molecule has 1 fully saturated rings. The van der Waals surface area contributed by atoms with Crippen LogP contribution >= 0.6 is 0 Å². The summed E-state index contributed by atoms with van der Waals surface area (Å²) in [4.78, 5) is 25.1. The van der Waals surface area contributed by atoms with Gasteiger partial charge in [-0.25, -0.2) is 0 Å². The first-order valence-corrected chi connectivity index (χ1v) is 6.59. The van der Waals surface area contributed by atoms with Crippen LogP contribution in [0.1, 0.15) is 35.9 Å². The highest BCUT2D eigenvalue weighted by Gasteiger charge is 2.29. The summed E-state index contributed by atoms with van der Waals surface area (Å²) in [6.45, 7) is 5.32. The van der Waals surface area contributed by atoms with E-state index in [0.29, 0.717) is 31.7 Å². The number of aliphatic carboxylic acids is 1. The average molecular weight is 265 g/mol. The van der Waals surface area contributed by atoms with Crippen LogP contribution in [0.3, 0.4) is 0 Å². The lowest BCUT2D eigenvalue weighted by Gasteiger charge is -2.30. The summed E-state index contributed by atoms with van der Waals surface area (Å²) in [5, 5.41) is 13.3. The second kappa shape index (κ2) is 5.42. The summed E-state index contributed by atoms with van der Waals surface area (Å²) in [6.07, 6.45) is 1.38. The van der Waals surface area contributed by atoms with Gasteiger partial charge in [0, 0.05) is 19.6 Å². The van der Waals surface area contributed by atoms with Crippen molar-refractivity contribution >= 4 is 11.9 Å². The number of aryl methyl sites for hydroxylation is 2. The molecule has 1 amide bonds. The fraction of sp³-hybridized carbons (Fsp3) is 0.615. The lowest BCUT2D eigenvalue weighted by Crippen LogP contribution is -2.43. The quantitative estimate of drug-likeness (QED) is 0.889. The van der Waals surface area contributed by atoms with Crippen molar-refractivity contribution in [2.45, 2.75) is 33.2 Å². The van der Waals surface area contributed by atoms with E-state index in [4.69, 9.17) is 5.11 Å². The van der Waals surface area contributed by atoms with E-state index in [0.717, 1.165) is 12.1 Å². The van der Waals surface area contributed by atoms with Gasteiger partial charge in [-0.1, -0.05) is 0 Å². The summed E-state index contributed by atoms with van der Waals surface area (Å²) >= 11 is 0. The van der Waals surface area contributed by atoms with Gasteiger partial charge in [0.2, 0.25) is 0 Å². The number of amides is 1. The summed E-state index contributed by atoms with van der Waals surface area (Å²) in [5.74, 6) is -1.39. The van der Waals surface area contributed by atoms with E-state index in [1.165, 1.54) is 0 Å². The Labute approximate surface area is 112 Å². The van der Waals surface area contributed by atoms with Crippen molar-refractivity contribution in [3.8, 4) is 0 Å². The van der Waals surface area contributed by atoms with Gasteiger partial charge in [-0.05, 0) is 32.8 Å². The molecule has 0 spiro atoms. The minimum absolute atomic E-state index is 0.117. The minimum atomic E-state index is -0.822. The third kappa shape index (κ3) is 2.77. The third-order valence-corrected chi connectivity index (χ3v) is 3.48. The zero-order valence-electron chi connectivity index (χ0n) is 11.3. The Morgan fingerprint density at radius 2 is 2.26 bits per heavy atom.